The van der Waals surface area contributed by atoms with Gasteiger partial charge < -0.3 is 15.2 Å². The summed E-state index contributed by atoms with van der Waals surface area (Å²) in [7, 11) is 1.36. The molecule has 0 spiro atoms. The van der Waals surface area contributed by atoms with Crippen LogP contribution in [-0.4, -0.2) is 27.0 Å². The zero-order valence-electron chi connectivity index (χ0n) is 11.4. The second-order valence-electron chi connectivity index (χ2n) is 3.98. The fourth-order valence-electron chi connectivity index (χ4n) is 1.60. The minimum absolute atomic E-state index is 0.0184. The highest BCUT2D eigenvalue weighted by atomic mass is 16.6. The predicted molar refractivity (Wildman–Crippen MR) is 73.3 cm³/mol. The molecule has 0 radical (unpaired) electrons. The summed E-state index contributed by atoms with van der Waals surface area (Å²) in [5.41, 5.74) is 6.12. The van der Waals surface area contributed by atoms with E-state index in [-0.39, 0.29) is 29.4 Å². The highest BCUT2D eigenvalue weighted by molar-refractivity contribution is 5.49. The van der Waals surface area contributed by atoms with E-state index in [2.05, 4.69) is 15.0 Å². The van der Waals surface area contributed by atoms with E-state index >= 15 is 0 Å². The summed E-state index contributed by atoms with van der Waals surface area (Å²) >= 11 is 0. The molecule has 0 saturated heterocycles. The Morgan fingerprint density at radius 1 is 1.29 bits per heavy atom. The van der Waals surface area contributed by atoms with Crippen LogP contribution < -0.4 is 15.2 Å². The fourth-order valence-corrected chi connectivity index (χ4v) is 1.60. The molecule has 1 aromatic carbocycles. The Balaban J connectivity index is 2.39. The first-order valence-corrected chi connectivity index (χ1v) is 6.04. The average Bonchev–Trinajstić information content (AvgIpc) is 2.46. The molecule has 0 unspecified atom stereocenters. The molecule has 21 heavy (non-hydrogen) atoms. The molecule has 2 aromatic rings. The lowest BCUT2D eigenvalue weighted by Gasteiger charge is -2.07. The number of nitrogens with zero attached hydrogens (tertiary/aromatic N) is 4. The van der Waals surface area contributed by atoms with Crippen LogP contribution in [0.5, 0.6) is 17.8 Å². The molecule has 1 heterocycles. The average molecular weight is 291 g/mol. The summed E-state index contributed by atoms with van der Waals surface area (Å²) in [4.78, 5) is 21.8. The van der Waals surface area contributed by atoms with E-state index in [1.807, 2.05) is 6.92 Å². The number of nitro benzene ring substituents is 1. The SMILES string of the molecule is CCc1ccc(Oc2nc(N)nc(OC)n2)c([N+](=O)[O-])c1. The van der Waals surface area contributed by atoms with Crippen molar-refractivity contribution in [1.82, 2.24) is 15.0 Å². The predicted octanol–water partition coefficient (Wildman–Crippen LogP) is 1.73. The molecule has 0 fully saturated rings. The van der Waals surface area contributed by atoms with Gasteiger partial charge in [-0.05, 0) is 18.1 Å². The Morgan fingerprint density at radius 3 is 2.62 bits per heavy atom. The Kier molecular flexibility index (Phi) is 4.12. The first-order valence-electron chi connectivity index (χ1n) is 6.04. The van der Waals surface area contributed by atoms with Gasteiger partial charge in [0.15, 0.2) is 0 Å². The summed E-state index contributed by atoms with van der Waals surface area (Å²) in [6.45, 7) is 1.90. The van der Waals surface area contributed by atoms with E-state index in [9.17, 15) is 10.1 Å². The van der Waals surface area contributed by atoms with Crippen LogP contribution in [0.3, 0.4) is 0 Å². The highest BCUT2D eigenvalue weighted by Crippen LogP contribution is 2.31. The molecule has 0 amide bonds. The number of rotatable bonds is 5. The van der Waals surface area contributed by atoms with Gasteiger partial charge >= 0.3 is 17.7 Å². The number of aromatic nitrogens is 3. The van der Waals surface area contributed by atoms with Gasteiger partial charge in [0.25, 0.3) is 0 Å². The number of methoxy groups -OCH3 is 1. The van der Waals surface area contributed by atoms with Gasteiger partial charge in [0.05, 0.1) is 12.0 Å². The monoisotopic (exact) mass is 291 g/mol. The summed E-state index contributed by atoms with van der Waals surface area (Å²) < 4.78 is 10.2. The maximum Gasteiger partial charge on any atom is 0.330 e. The van der Waals surface area contributed by atoms with Gasteiger partial charge in [-0.15, -0.1) is 4.98 Å². The van der Waals surface area contributed by atoms with Crippen molar-refractivity contribution in [3.63, 3.8) is 0 Å². The van der Waals surface area contributed by atoms with Crippen molar-refractivity contribution in [3.05, 3.63) is 33.9 Å². The first-order chi connectivity index (χ1) is 10.0. The van der Waals surface area contributed by atoms with Crippen LogP contribution in [0.25, 0.3) is 0 Å². The minimum atomic E-state index is -0.531. The minimum Gasteiger partial charge on any atom is -0.467 e. The molecule has 2 rings (SSSR count). The van der Waals surface area contributed by atoms with Gasteiger partial charge in [-0.1, -0.05) is 13.0 Å². The maximum atomic E-state index is 11.1. The lowest BCUT2D eigenvalue weighted by Crippen LogP contribution is -2.03. The van der Waals surface area contributed by atoms with Crippen LogP contribution in [0.2, 0.25) is 0 Å². The van der Waals surface area contributed by atoms with Crippen LogP contribution >= 0.6 is 0 Å². The van der Waals surface area contributed by atoms with Crippen LogP contribution in [0.4, 0.5) is 11.6 Å². The molecule has 0 bridgehead atoms. The Bertz CT molecular complexity index is 677. The Morgan fingerprint density at radius 2 is 2.00 bits per heavy atom. The van der Waals surface area contributed by atoms with Crippen molar-refractivity contribution in [1.29, 1.82) is 0 Å². The molecule has 9 nitrogen and oxygen atoms in total. The van der Waals surface area contributed by atoms with Crippen molar-refractivity contribution in [2.45, 2.75) is 13.3 Å². The lowest BCUT2D eigenvalue weighted by atomic mass is 10.1. The van der Waals surface area contributed by atoms with E-state index in [1.54, 1.807) is 6.07 Å². The van der Waals surface area contributed by atoms with E-state index in [4.69, 9.17) is 15.2 Å². The summed E-state index contributed by atoms with van der Waals surface area (Å²) in [6, 6.07) is 4.45. The molecule has 0 saturated carbocycles. The van der Waals surface area contributed by atoms with Crippen LogP contribution in [0.1, 0.15) is 12.5 Å². The Hall–Kier alpha value is -2.97. The molecule has 9 heteroatoms. The van der Waals surface area contributed by atoms with E-state index in [1.165, 1.54) is 19.2 Å². The quantitative estimate of drug-likeness (QED) is 0.651. The number of nitro groups is 1. The second kappa shape index (κ2) is 5.99. The zero-order chi connectivity index (χ0) is 15.4. The van der Waals surface area contributed by atoms with Gasteiger partial charge in [0, 0.05) is 6.07 Å². The van der Waals surface area contributed by atoms with Crippen molar-refractivity contribution < 1.29 is 14.4 Å². The summed E-state index contributed by atoms with van der Waals surface area (Å²) in [5.74, 6) is -0.0884. The number of nitrogen functional groups attached to an aromatic ring is 1. The molecule has 0 aliphatic carbocycles. The van der Waals surface area contributed by atoms with Crippen molar-refractivity contribution in [3.8, 4) is 17.8 Å². The molecule has 2 N–H and O–H groups in total. The molecule has 0 aliphatic rings. The molecular formula is C12H13N5O4. The first kappa shape index (κ1) is 14.4. The van der Waals surface area contributed by atoms with E-state index < -0.39 is 4.92 Å². The summed E-state index contributed by atoms with van der Waals surface area (Å²) in [6.07, 6.45) is 0.674. The van der Waals surface area contributed by atoms with Crippen LogP contribution in [-0.2, 0) is 6.42 Å². The van der Waals surface area contributed by atoms with Gasteiger partial charge in [0.2, 0.25) is 11.7 Å². The van der Waals surface area contributed by atoms with Gasteiger partial charge in [-0.2, -0.15) is 9.97 Å². The molecule has 110 valence electrons. The van der Waals surface area contributed by atoms with Gasteiger partial charge in [0.1, 0.15) is 0 Å². The van der Waals surface area contributed by atoms with Crippen LogP contribution in [0.15, 0.2) is 18.2 Å². The number of hydrogen-bond donors (Lipinski definition) is 1. The number of hydrogen-bond acceptors (Lipinski definition) is 8. The molecular weight excluding hydrogens is 278 g/mol. The molecule has 1 aromatic heterocycles. The van der Waals surface area contributed by atoms with E-state index in [0.717, 1.165) is 5.56 Å². The third-order valence-corrected chi connectivity index (χ3v) is 2.62. The van der Waals surface area contributed by atoms with Gasteiger partial charge in [-0.3, -0.25) is 10.1 Å². The van der Waals surface area contributed by atoms with Gasteiger partial charge in [-0.25, -0.2) is 0 Å². The second-order valence-corrected chi connectivity index (χ2v) is 3.98. The Labute approximate surface area is 119 Å². The normalized spacial score (nSPS) is 10.2. The number of benzene rings is 1. The molecule has 0 aliphatic heterocycles. The number of anilines is 1. The third-order valence-electron chi connectivity index (χ3n) is 2.62. The van der Waals surface area contributed by atoms with E-state index in [0.29, 0.717) is 6.42 Å². The third kappa shape index (κ3) is 3.32. The van der Waals surface area contributed by atoms with Crippen LogP contribution in [0, 0.1) is 10.1 Å². The largest absolute Gasteiger partial charge is 0.467 e. The topological polar surface area (TPSA) is 126 Å². The van der Waals surface area contributed by atoms with Crippen molar-refractivity contribution >= 4 is 11.6 Å². The zero-order valence-corrected chi connectivity index (χ0v) is 11.4. The lowest BCUT2D eigenvalue weighted by molar-refractivity contribution is -0.385. The molecule has 0 atom stereocenters. The van der Waals surface area contributed by atoms with Crippen molar-refractivity contribution in [2.75, 3.05) is 12.8 Å². The fraction of sp³-hybridized carbons (Fsp3) is 0.250. The number of ether oxygens (including phenoxy) is 2. The summed E-state index contributed by atoms with van der Waals surface area (Å²) in [5, 5.41) is 11.1. The smallest absolute Gasteiger partial charge is 0.330 e. The maximum absolute atomic E-state index is 11.1. The number of nitrogens with two attached hydrogens (primary N) is 1. The highest BCUT2D eigenvalue weighted by Gasteiger charge is 2.18. The number of aryl methyl sites for hydroxylation is 1. The standard InChI is InChI=1S/C12H13N5O4/c1-3-7-4-5-9(8(6-7)17(18)19)21-12-15-10(13)14-11(16-12)20-2/h4-6H,3H2,1-2H3,(H2,13,14,15,16). The van der Waals surface area contributed by atoms with Crippen molar-refractivity contribution in [2.24, 2.45) is 0 Å².